The highest BCUT2D eigenvalue weighted by Gasteiger charge is 1.79. The molecule has 4 rings (SSSR count). The highest BCUT2D eigenvalue weighted by Crippen LogP contribution is 2.08. The van der Waals surface area contributed by atoms with Gasteiger partial charge in [-0.05, 0) is 36.4 Å². The smallest absolute Gasteiger partial charge is 0.0663 e. The summed E-state index contributed by atoms with van der Waals surface area (Å²) in [6.07, 6.45) is 1.02. The van der Waals surface area contributed by atoms with E-state index in [0.717, 1.165) is 0 Å². The standard InChI is InChI=1S/3C7H7NO.C6H6.3C3H8.3C2H6.2CH4/c3*9-6-8-7-4-2-1-3-5-7;1-2-4-6-5-3-1;3*1-3-2;3*1-2;;/h3*1-6H,(H,8,9);1-6H;3*3H2,1-2H3;3*1-2H3;2*1H4/p-3/i3*6D;;;;;;;;;. The summed E-state index contributed by atoms with van der Waals surface area (Å²) in [6, 6.07) is 38.1. The number of para-hydroxylation sites is 3. The van der Waals surface area contributed by atoms with Gasteiger partial charge in [0, 0.05) is 0 Å². The summed E-state index contributed by atoms with van der Waals surface area (Å²) in [4.78, 5) is 10.2. The lowest BCUT2D eigenvalue weighted by Crippen LogP contribution is -1.94. The van der Waals surface area contributed by atoms with E-state index in [4.69, 9.17) is 4.11 Å². The summed E-state index contributed by atoms with van der Waals surface area (Å²) in [5, 5.41) is 30.3. The van der Waals surface area contributed by atoms with Crippen molar-refractivity contribution in [3.05, 3.63) is 127 Å². The normalized spacial score (nSPS) is 9.36. The quantitative estimate of drug-likeness (QED) is 0.157. The molecule has 0 heterocycles. The van der Waals surface area contributed by atoms with Crippen LogP contribution in [0.25, 0.3) is 0 Å². The number of hydrogen-bond donors (Lipinski definition) is 0. The van der Waals surface area contributed by atoms with Crippen LogP contribution in [-0.4, -0.2) is 19.1 Å². The van der Waals surface area contributed by atoms with E-state index in [9.17, 15) is 15.3 Å². The molecule has 0 aromatic heterocycles. The maximum absolute atomic E-state index is 10.1. The Morgan fingerprint density at radius 1 is 0.380 bits per heavy atom. The molecule has 50 heavy (non-hydrogen) atoms. The zero-order chi connectivity index (χ0) is 40.6. The molecule has 0 atom stereocenters. The molecule has 0 saturated heterocycles. The van der Waals surface area contributed by atoms with E-state index >= 15 is 0 Å². The minimum absolute atomic E-state index is 0. The van der Waals surface area contributed by atoms with Gasteiger partial charge in [-0.25, -0.2) is 0 Å². The summed E-state index contributed by atoms with van der Waals surface area (Å²) in [6.45, 7) is 24.8. The monoisotopic (exact) mass is 696 g/mol. The van der Waals surface area contributed by atoms with E-state index < -0.39 is 19.1 Å². The van der Waals surface area contributed by atoms with Crippen LogP contribution in [0.2, 0.25) is 0 Å². The van der Waals surface area contributed by atoms with Crippen LogP contribution >= 0.6 is 0 Å². The van der Waals surface area contributed by atoms with Gasteiger partial charge in [0.2, 0.25) is 0 Å². The average Bonchev–Trinajstić information content (AvgIpc) is 3.14. The third-order valence-corrected chi connectivity index (χ3v) is 3.46. The summed E-state index contributed by atoms with van der Waals surface area (Å²) < 4.78 is 19.5. The van der Waals surface area contributed by atoms with Crippen molar-refractivity contribution in [2.45, 2.75) is 117 Å². The topological polar surface area (TPSA) is 106 Å². The third-order valence-electron chi connectivity index (χ3n) is 3.46. The number of benzene rings is 4. The Morgan fingerprint density at radius 3 is 0.620 bits per heavy atom. The number of nitrogens with zero attached hydrogens (tertiary/aromatic N) is 3. The molecular weight excluding hydrogens is 619 g/mol. The van der Waals surface area contributed by atoms with Gasteiger partial charge < -0.3 is 15.3 Å². The molecule has 0 spiro atoms. The van der Waals surface area contributed by atoms with Gasteiger partial charge in [0.25, 0.3) is 0 Å². The fourth-order valence-electron chi connectivity index (χ4n) is 2.05. The average molecular weight is 696 g/mol. The lowest BCUT2D eigenvalue weighted by Gasteiger charge is -1.91. The molecule has 6 nitrogen and oxygen atoms in total. The Bertz CT molecular complexity index is 1060. The fourth-order valence-corrected chi connectivity index (χ4v) is 2.05. The van der Waals surface area contributed by atoms with Gasteiger partial charge in [-0.15, -0.1) is 0 Å². The molecule has 0 N–H and O–H groups in total. The van der Waals surface area contributed by atoms with Crippen molar-refractivity contribution in [3.63, 3.8) is 0 Å². The van der Waals surface area contributed by atoms with Crippen LogP contribution in [0, 0.1) is 0 Å². The van der Waals surface area contributed by atoms with Gasteiger partial charge in [0.05, 0.1) is 21.2 Å². The zero-order valence-electron chi connectivity index (χ0n) is 34.8. The zero-order valence-corrected chi connectivity index (χ0v) is 31.8. The summed E-state index contributed by atoms with van der Waals surface area (Å²) in [5.41, 5.74) is 1.59. The third kappa shape index (κ3) is 65.8. The second kappa shape index (κ2) is 70.6. The van der Waals surface area contributed by atoms with Crippen molar-refractivity contribution < 1.29 is 19.4 Å². The summed E-state index contributed by atoms with van der Waals surface area (Å²) >= 11 is 0. The molecule has 0 unspecified atom stereocenters. The van der Waals surface area contributed by atoms with Gasteiger partial charge >= 0.3 is 0 Å². The van der Waals surface area contributed by atoms with Gasteiger partial charge in [0.15, 0.2) is 0 Å². The highest BCUT2D eigenvalue weighted by molar-refractivity contribution is 5.52. The van der Waals surface area contributed by atoms with Crippen LogP contribution in [0.5, 0.6) is 0 Å². The lowest BCUT2D eigenvalue weighted by atomic mass is 10.3. The Labute approximate surface area is 314 Å². The number of aliphatic imine (C=N–C) groups is 3. The molecule has 0 radical (unpaired) electrons. The molecule has 4 aromatic carbocycles. The molecule has 0 saturated carbocycles. The maximum Gasteiger partial charge on any atom is 0.0663 e. The first-order valence-corrected chi connectivity index (χ1v) is 16.9. The van der Waals surface area contributed by atoms with E-state index in [1.165, 1.54) is 19.3 Å². The first kappa shape index (κ1) is 54.7. The minimum atomic E-state index is -0.911. The molecular formula is C44H74N3O3-3. The summed E-state index contributed by atoms with van der Waals surface area (Å²) in [5.74, 6) is 0. The summed E-state index contributed by atoms with van der Waals surface area (Å²) in [7, 11) is 0. The Hall–Kier alpha value is -4.71. The fraction of sp³-hybridized carbons (Fsp3) is 0.386. The van der Waals surface area contributed by atoms with Gasteiger partial charge in [-0.1, -0.05) is 227 Å². The van der Waals surface area contributed by atoms with Crippen molar-refractivity contribution in [1.82, 2.24) is 0 Å². The number of rotatable bonds is 3. The van der Waals surface area contributed by atoms with E-state index in [-0.39, 0.29) is 14.9 Å². The van der Waals surface area contributed by atoms with Crippen LogP contribution in [0.3, 0.4) is 0 Å². The molecule has 0 fully saturated rings. The molecule has 0 aliphatic heterocycles. The van der Waals surface area contributed by atoms with Crippen molar-refractivity contribution in [2.24, 2.45) is 15.0 Å². The SMILES string of the molecule is C.C.CC.CC.CC.CCC.CCC.CCC.[2H]C([O-])=Nc1ccccc1.[2H]C([O-])=Nc1ccccc1.[2H]C([O-])=Nc1ccccc1.c1ccccc1. The Balaban J connectivity index is -0.0000000753. The van der Waals surface area contributed by atoms with E-state index in [0.29, 0.717) is 17.1 Å². The second-order valence-corrected chi connectivity index (χ2v) is 7.89. The molecule has 0 aliphatic carbocycles. The van der Waals surface area contributed by atoms with Crippen LogP contribution < -0.4 is 15.3 Å². The Morgan fingerprint density at radius 2 is 0.500 bits per heavy atom. The van der Waals surface area contributed by atoms with Gasteiger partial charge in [0.1, 0.15) is 0 Å². The van der Waals surface area contributed by atoms with Crippen LogP contribution in [0.4, 0.5) is 17.1 Å². The predicted octanol–water partition coefficient (Wildman–Crippen LogP) is 12.4. The second-order valence-electron chi connectivity index (χ2n) is 7.89. The van der Waals surface area contributed by atoms with Crippen molar-refractivity contribution >= 4 is 36.2 Å². The molecule has 0 aliphatic rings. The molecule has 0 bridgehead atoms. The lowest BCUT2D eigenvalue weighted by molar-refractivity contribution is -0.201. The van der Waals surface area contributed by atoms with Crippen molar-refractivity contribution in [2.75, 3.05) is 0 Å². The van der Waals surface area contributed by atoms with Crippen LogP contribution in [0.15, 0.2) is 142 Å². The molecule has 286 valence electrons. The first-order valence-electron chi connectivity index (χ1n) is 18.4. The van der Waals surface area contributed by atoms with E-state index in [2.05, 4.69) is 56.5 Å². The van der Waals surface area contributed by atoms with Crippen LogP contribution in [0.1, 0.15) is 121 Å². The van der Waals surface area contributed by atoms with Gasteiger partial charge in [-0.2, -0.15) is 0 Å². The van der Waals surface area contributed by atoms with E-state index in [1.807, 2.05) is 96.1 Å². The highest BCUT2D eigenvalue weighted by atomic mass is 16.3. The van der Waals surface area contributed by atoms with Gasteiger partial charge in [-0.3, -0.25) is 15.0 Å². The van der Waals surface area contributed by atoms with Crippen molar-refractivity contribution in [1.29, 1.82) is 0 Å². The number of hydrogen-bond acceptors (Lipinski definition) is 6. The van der Waals surface area contributed by atoms with E-state index in [1.54, 1.807) is 72.8 Å². The molecule has 6 heteroatoms. The van der Waals surface area contributed by atoms with Crippen LogP contribution in [-0.2, 0) is 0 Å². The first-order chi connectivity index (χ1) is 24.6. The molecule has 4 aromatic rings. The predicted molar refractivity (Wildman–Crippen MR) is 226 cm³/mol. The largest absolute Gasteiger partial charge is 0.864 e. The molecule has 0 amide bonds. The maximum atomic E-state index is 10.1. The Kier molecular flexibility index (Phi) is 77.3. The minimum Gasteiger partial charge on any atom is -0.864 e. The van der Waals surface area contributed by atoms with Crippen molar-refractivity contribution in [3.8, 4) is 0 Å².